The van der Waals surface area contributed by atoms with Crippen LogP contribution in [0, 0.1) is 0 Å². The maximum atomic E-state index is 14.0. The highest BCUT2D eigenvalue weighted by Gasteiger charge is 2.34. The van der Waals surface area contributed by atoms with E-state index in [9.17, 15) is 9.59 Å². The molecule has 1 heterocycles. The van der Waals surface area contributed by atoms with Gasteiger partial charge in [-0.2, -0.15) is 0 Å². The lowest BCUT2D eigenvalue weighted by atomic mass is 9.94. The van der Waals surface area contributed by atoms with E-state index in [-0.39, 0.29) is 24.3 Å². The molecule has 4 rings (SSSR count). The van der Waals surface area contributed by atoms with Crippen molar-refractivity contribution in [2.75, 3.05) is 25.7 Å². The van der Waals surface area contributed by atoms with Crippen LogP contribution >= 0.6 is 11.3 Å². The first-order valence-corrected chi connectivity index (χ1v) is 14.0. The first kappa shape index (κ1) is 27.5. The van der Waals surface area contributed by atoms with Crippen molar-refractivity contribution in [1.29, 1.82) is 0 Å². The quantitative estimate of drug-likeness (QED) is 0.329. The molecule has 1 aliphatic rings. The minimum absolute atomic E-state index is 0.0982. The minimum Gasteiger partial charge on any atom is -0.494 e. The summed E-state index contributed by atoms with van der Waals surface area (Å²) in [5, 5.41) is 5.20. The van der Waals surface area contributed by atoms with Crippen LogP contribution in [0.5, 0.6) is 17.2 Å². The normalized spacial score (nSPS) is 14.4. The zero-order valence-corrected chi connectivity index (χ0v) is 23.1. The summed E-state index contributed by atoms with van der Waals surface area (Å²) in [6, 6.07) is 15.8. The largest absolute Gasteiger partial charge is 0.494 e. The molecule has 1 fully saturated rings. The van der Waals surface area contributed by atoms with Crippen molar-refractivity contribution in [1.82, 2.24) is 5.32 Å². The molecule has 0 spiro atoms. The third kappa shape index (κ3) is 6.67. The summed E-state index contributed by atoms with van der Waals surface area (Å²) in [5.41, 5.74) is 1.26. The Morgan fingerprint density at radius 2 is 1.74 bits per heavy atom. The van der Waals surface area contributed by atoms with Crippen LogP contribution in [-0.4, -0.2) is 38.7 Å². The first-order valence-electron chi connectivity index (χ1n) is 13.1. The Balaban J connectivity index is 1.78. The van der Waals surface area contributed by atoms with Crippen molar-refractivity contribution in [3.8, 4) is 17.2 Å². The molecule has 1 aromatic heterocycles. The van der Waals surface area contributed by atoms with Crippen molar-refractivity contribution < 1.29 is 23.8 Å². The summed E-state index contributed by atoms with van der Waals surface area (Å²) < 4.78 is 16.6. The zero-order chi connectivity index (χ0) is 26.9. The molecule has 202 valence electrons. The average Bonchev–Trinajstić information content (AvgIpc) is 3.45. The molecule has 8 heteroatoms. The molecule has 7 nitrogen and oxygen atoms in total. The number of thiophene rings is 1. The van der Waals surface area contributed by atoms with Gasteiger partial charge in [-0.3, -0.25) is 14.5 Å². The molecular weight excluding hydrogens is 500 g/mol. The van der Waals surface area contributed by atoms with Gasteiger partial charge in [-0.25, -0.2) is 0 Å². The van der Waals surface area contributed by atoms with E-state index in [2.05, 4.69) is 5.32 Å². The summed E-state index contributed by atoms with van der Waals surface area (Å²) in [5.74, 6) is 1.36. The van der Waals surface area contributed by atoms with Crippen molar-refractivity contribution in [3.05, 3.63) is 70.4 Å². The number of ether oxygens (including phenoxy) is 3. The summed E-state index contributed by atoms with van der Waals surface area (Å²) in [7, 11) is 3.12. The summed E-state index contributed by atoms with van der Waals surface area (Å²) in [6.07, 6.45) is 5.44. The second-order valence-electron chi connectivity index (χ2n) is 9.31. The van der Waals surface area contributed by atoms with Gasteiger partial charge in [-0.15, -0.1) is 11.3 Å². The second-order valence-corrected chi connectivity index (χ2v) is 10.3. The van der Waals surface area contributed by atoms with Gasteiger partial charge in [0, 0.05) is 22.7 Å². The fraction of sp³-hybridized carbons (Fsp3) is 0.400. The van der Waals surface area contributed by atoms with E-state index in [4.69, 9.17) is 14.2 Å². The molecule has 0 unspecified atom stereocenters. The first-order chi connectivity index (χ1) is 18.5. The third-order valence-corrected chi connectivity index (χ3v) is 7.66. The number of carbonyl (C=O) groups excluding carboxylic acids is 2. The monoisotopic (exact) mass is 536 g/mol. The number of rotatable bonds is 11. The number of nitrogens with zero attached hydrogens (tertiary/aromatic N) is 1. The van der Waals surface area contributed by atoms with Gasteiger partial charge >= 0.3 is 0 Å². The lowest BCUT2D eigenvalue weighted by Gasteiger charge is -2.34. The Kier molecular flexibility index (Phi) is 9.65. The van der Waals surface area contributed by atoms with E-state index in [1.807, 2.05) is 48.7 Å². The average molecular weight is 537 g/mol. The number of benzene rings is 2. The molecule has 1 saturated carbocycles. The molecule has 3 aromatic rings. The van der Waals surface area contributed by atoms with E-state index in [1.54, 1.807) is 37.3 Å². The van der Waals surface area contributed by atoms with Crippen LogP contribution < -0.4 is 24.4 Å². The highest BCUT2D eigenvalue weighted by atomic mass is 32.1. The van der Waals surface area contributed by atoms with Gasteiger partial charge in [-0.05, 0) is 61.0 Å². The zero-order valence-electron chi connectivity index (χ0n) is 22.3. The topological polar surface area (TPSA) is 77.1 Å². The molecule has 0 aliphatic heterocycles. The molecule has 2 amide bonds. The maximum absolute atomic E-state index is 14.0. The summed E-state index contributed by atoms with van der Waals surface area (Å²) in [6.45, 7) is 2.47. The van der Waals surface area contributed by atoms with Crippen LogP contribution in [0.25, 0.3) is 0 Å². The van der Waals surface area contributed by atoms with Gasteiger partial charge in [0.1, 0.15) is 11.8 Å². The molecule has 0 saturated heterocycles. The smallest absolute Gasteiger partial charge is 0.248 e. The van der Waals surface area contributed by atoms with E-state index in [0.717, 1.165) is 30.6 Å². The number of anilines is 1. The fourth-order valence-electron chi connectivity index (χ4n) is 4.92. The van der Waals surface area contributed by atoms with Gasteiger partial charge < -0.3 is 19.5 Å². The Bertz CT molecular complexity index is 1190. The molecule has 1 atom stereocenters. The van der Waals surface area contributed by atoms with Gasteiger partial charge in [0.2, 0.25) is 11.8 Å². The number of carbonyl (C=O) groups is 2. The van der Waals surface area contributed by atoms with Crippen LogP contribution in [0.1, 0.15) is 55.5 Å². The number of nitrogens with one attached hydrogen (secondary N) is 1. The maximum Gasteiger partial charge on any atom is 0.248 e. The Morgan fingerprint density at radius 3 is 2.37 bits per heavy atom. The molecule has 1 N–H and O–H groups in total. The predicted molar refractivity (Wildman–Crippen MR) is 150 cm³/mol. The molecule has 2 aromatic carbocycles. The van der Waals surface area contributed by atoms with E-state index >= 15 is 0 Å². The van der Waals surface area contributed by atoms with Crippen molar-refractivity contribution in [3.63, 3.8) is 0 Å². The van der Waals surface area contributed by atoms with Crippen molar-refractivity contribution in [2.45, 2.75) is 57.5 Å². The van der Waals surface area contributed by atoms with Crippen LogP contribution in [0.3, 0.4) is 0 Å². The van der Waals surface area contributed by atoms with Crippen molar-refractivity contribution >= 4 is 28.8 Å². The number of amides is 2. The third-order valence-electron chi connectivity index (χ3n) is 6.78. The van der Waals surface area contributed by atoms with E-state index in [0.29, 0.717) is 35.1 Å². The van der Waals surface area contributed by atoms with Gasteiger partial charge in [0.05, 0.1) is 27.2 Å². The second kappa shape index (κ2) is 13.3. The number of methoxy groups -OCH3 is 2. The highest BCUT2D eigenvalue weighted by Crippen LogP contribution is 2.36. The molecule has 0 radical (unpaired) electrons. The summed E-state index contributed by atoms with van der Waals surface area (Å²) in [4.78, 5) is 30.6. The lowest BCUT2D eigenvalue weighted by Crippen LogP contribution is -2.47. The molecule has 1 aliphatic carbocycles. The fourth-order valence-corrected chi connectivity index (χ4v) is 5.61. The Morgan fingerprint density at radius 1 is 1.00 bits per heavy atom. The predicted octanol–water partition coefficient (Wildman–Crippen LogP) is 5.93. The summed E-state index contributed by atoms with van der Waals surface area (Å²) >= 11 is 1.52. The van der Waals surface area contributed by atoms with E-state index < -0.39 is 6.04 Å². The van der Waals surface area contributed by atoms with Gasteiger partial charge in [0.25, 0.3) is 0 Å². The highest BCUT2D eigenvalue weighted by molar-refractivity contribution is 7.10. The van der Waals surface area contributed by atoms with Crippen LogP contribution in [0.2, 0.25) is 0 Å². The van der Waals surface area contributed by atoms with Crippen molar-refractivity contribution in [2.24, 2.45) is 0 Å². The SMILES string of the molecule is CCOc1ccc([C@H](C(=O)NC2CCCCC2)N(C(=O)Cc2cccs2)c2ccc(OC)c(OC)c2)cc1. The van der Waals surface area contributed by atoms with E-state index in [1.165, 1.54) is 17.8 Å². The lowest BCUT2D eigenvalue weighted by molar-refractivity contribution is -0.127. The molecule has 0 bridgehead atoms. The van der Waals surface area contributed by atoms with Crippen LogP contribution in [0.15, 0.2) is 60.0 Å². The molecular formula is C30H36N2O5S. The minimum atomic E-state index is -0.877. The van der Waals surface area contributed by atoms with Crippen LogP contribution in [-0.2, 0) is 16.0 Å². The standard InChI is InChI=1S/C30H36N2O5S/c1-4-37-24-15-12-21(13-16-24)29(30(34)31-22-9-6-5-7-10-22)32(28(33)20-25-11-8-18-38-25)23-14-17-26(35-2)27(19-23)36-3/h8,11-19,22,29H,4-7,9-10,20H2,1-3H3,(H,31,34)/t29-/m1/s1. The van der Waals surface area contributed by atoms with Gasteiger partial charge in [-0.1, -0.05) is 37.5 Å². The number of hydrogen-bond donors (Lipinski definition) is 1. The van der Waals surface area contributed by atoms with Gasteiger partial charge in [0.15, 0.2) is 11.5 Å². The molecule has 38 heavy (non-hydrogen) atoms. The van der Waals surface area contributed by atoms with Crippen LogP contribution in [0.4, 0.5) is 5.69 Å². The Labute approximate surface area is 228 Å². The number of hydrogen-bond acceptors (Lipinski definition) is 6. The Hall–Kier alpha value is -3.52.